The molecule has 140 valence electrons. The number of amides is 1. The molecule has 0 aliphatic carbocycles. The zero-order valence-electron chi connectivity index (χ0n) is 16.1. The molecule has 0 fully saturated rings. The molecular weight excluding hydrogens is 350 g/mol. The van der Waals surface area contributed by atoms with E-state index < -0.39 is 0 Å². The Morgan fingerprint density at radius 2 is 1.89 bits per heavy atom. The van der Waals surface area contributed by atoms with Gasteiger partial charge in [0.2, 0.25) is 0 Å². The van der Waals surface area contributed by atoms with Crippen molar-refractivity contribution in [2.45, 2.75) is 27.2 Å². The fourth-order valence-corrected chi connectivity index (χ4v) is 2.94. The summed E-state index contributed by atoms with van der Waals surface area (Å²) in [6.45, 7) is 5.88. The van der Waals surface area contributed by atoms with Crippen LogP contribution in [0.15, 0.2) is 48.5 Å². The Bertz CT molecular complexity index is 1070. The topological polar surface area (TPSA) is 90.7 Å². The van der Waals surface area contributed by atoms with Crippen LogP contribution in [0, 0.1) is 25.2 Å². The van der Waals surface area contributed by atoms with E-state index >= 15 is 0 Å². The minimum absolute atomic E-state index is 0.254. The summed E-state index contributed by atoms with van der Waals surface area (Å²) in [5.74, 6) is 0.698. The molecule has 0 spiro atoms. The maximum absolute atomic E-state index is 12.6. The van der Waals surface area contributed by atoms with Gasteiger partial charge in [-0.05, 0) is 49.6 Å². The van der Waals surface area contributed by atoms with Crippen LogP contribution in [0.5, 0.6) is 0 Å². The van der Waals surface area contributed by atoms with Crippen molar-refractivity contribution in [2.24, 2.45) is 0 Å². The Labute approximate surface area is 164 Å². The van der Waals surface area contributed by atoms with Crippen molar-refractivity contribution in [1.82, 2.24) is 9.97 Å². The van der Waals surface area contributed by atoms with Crippen LogP contribution in [-0.4, -0.2) is 15.9 Å². The summed E-state index contributed by atoms with van der Waals surface area (Å²) in [6, 6.07) is 16.6. The molecule has 1 heterocycles. The number of hydrogen-bond acceptors (Lipinski definition) is 5. The number of nitrogens with one attached hydrogen (secondary N) is 2. The fraction of sp³-hybridized carbons (Fsp3) is 0.182. The van der Waals surface area contributed by atoms with Gasteiger partial charge in [-0.1, -0.05) is 31.2 Å². The average molecular weight is 371 g/mol. The van der Waals surface area contributed by atoms with E-state index in [9.17, 15) is 4.79 Å². The zero-order valence-corrected chi connectivity index (χ0v) is 16.1. The van der Waals surface area contributed by atoms with Crippen molar-refractivity contribution >= 4 is 23.1 Å². The number of carbonyl (C=O) groups is 1. The zero-order chi connectivity index (χ0) is 20.1. The van der Waals surface area contributed by atoms with E-state index in [0.717, 1.165) is 17.7 Å². The van der Waals surface area contributed by atoms with Gasteiger partial charge in [0.05, 0.1) is 11.6 Å². The Kier molecular flexibility index (Phi) is 5.66. The van der Waals surface area contributed by atoms with Crippen LogP contribution >= 0.6 is 0 Å². The molecule has 0 bridgehead atoms. The van der Waals surface area contributed by atoms with Crippen molar-refractivity contribution in [3.63, 3.8) is 0 Å². The lowest BCUT2D eigenvalue weighted by Gasteiger charge is -2.14. The maximum Gasteiger partial charge on any atom is 0.274 e. The van der Waals surface area contributed by atoms with Crippen LogP contribution in [0.2, 0.25) is 0 Å². The van der Waals surface area contributed by atoms with Crippen LogP contribution in [0.1, 0.15) is 39.9 Å². The second-order valence-corrected chi connectivity index (χ2v) is 6.42. The third-order valence-corrected chi connectivity index (χ3v) is 4.31. The molecular formula is C22H21N5O. The number of nitriles is 1. The largest absolute Gasteiger partial charge is 0.340 e. The number of rotatable bonds is 5. The number of aryl methyl sites for hydroxylation is 3. The fourth-order valence-electron chi connectivity index (χ4n) is 2.94. The molecule has 0 aliphatic rings. The van der Waals surface area contributed by atoms with Crippen LogP contribution in [0.3, 0.4) is 0 Å². The molecule has 1 aromatic heterocycles. The standard InChI is InChI=1S/C22H21N5O/c1-4-17-9-5-7-14(2)21(17)27-20-12-19(24-15(3)25-20)22(28)26-18-10-6-8-16(11-18)13-23/h5-12H,4H2,1-3H3,(H,26,28)(H,24,25,27). The molecule has 0 atom stereocenters. The van der Waals surface area contributed by atoms with Gasteiger partial charge in [0, 0.05) is 17.4 Å². The summed E-state index contributed by atoms with van der Waals surface area (Å²) in [6.07, 6.45) is 0.886. The molecule has 2 N–H and O–H groups in total. The van der Waals surface area contributed by atoms with Gasteiger partial charge in [-0.2, -0.15) is 5.26 Å². The number of nitrogens with zero attached hydrogens (tertiary/aromatic N) is 3. The molecule has 28 heavy (non-hydrogen) atoms. The third kappa shape index (κ3) is 4.33. The van der Waals surface area contributed by atoms with Gasteiger partial charge in [-0.25, -0.2) is 9.97 Å². The minimum Gasteiger partial charge on any atom is -0.340 e. The van der Waals surface area contributed by atoms with E-state index in [1.165, 1.54) is 5.56 Å². The van der Waals surface area contributed by atoms with Gasteiger partial charge >= 0.3 is 0 Å². The van der Waals surface area contributed by atoms with E-state index in [1.807, 2.05) is 19.1 Å². The average Bonchev–Trinajstić information content (AvgIpc) is 2.69. The SMILES string of the molecule is CCc1cccc(C)c1Nc1cc(C(=O)Nc2cccc(C#N)c2)nc(C)n1. The lowest BCUT2D eigenvalue weighted by atomic mass is 10.1. The normalized spacial score (nSPS) is 10.2. The summed E-state index contributed by atoms with van der Waals surface area (Å²) < 4.78 is 0. The predicted octanol–water partition coefficient (Wildman–Crippen LogP) is 4.52. The molecule has 0 radical (unpaired) electrons. The summed E-state index contributed by atoms with van der Waals surface area (Å²) in [5, 5.41) is 15.1. The van der Waals surface area contributed by atoms with Gasteiger partial charge in [-0.3, -0.25) is 4.79 Å². The van der Waals surface area contributed by atoms with Crippen molar-refractivity contribution in [2.75, 3.05) is 10.6 Å². The molecule has 6 nitrogen and oxygen atoms in total. The Morgan fingerprint density at radius 1 is 1.11 bits per heavy atom. The smallest absolute Gasteiger partial charge is 0.274 e. The van der Waals surface area contributed by atoms with Crippen molar-refractivity contribution in [1.29, 1.82) is 5.26 Å². The molecule has 6 heteroatoms. The Morgan fingerprint density at radius 3 is 2.64 bits per heavy atom. The van der Waals surface area contributed by atoms with Crippen molar-refractivity contribution < 1.29 is 4.79 Å². The van der Waals surface area contributed by atoms with E-state index in [1.54, 1.807) is 37.3 Å². The van der Waals surface area contributed by atoms with Crippen LogP contribution < -0.4 is 10.6 Å². The highest BCUT2D eigenvalue weighted by molar-refractivity contribution is 6.03. The number of hydrogen-bond donors (Lipinski definition) is 2. The molecule has 0 aliphatic heterocycles. The first-order valence-electron chi connectivity index (χ1n) is 9.03. The van der Waals surface area contributed by atoms with E-state index in [2.05, 4.69) is 39.7 Å². The number of aromatic nitrogens is 2. The number of benzene rings is 2. The van der Waals surface area contributed by atoms with Gasteiger partial charge in [-0.15, -0.1) is 0 Å². The predicted molar refractivity (Wildman–Crippen MR) is 110 cm³/mol. The highest BCUT2D eigenvalue weighted by Gasteiger charge is 2.13. The van der Waals surface area contributed by atoms with Gasteiger partial charge in [0.1, 0.15) is 17.3 Å². The molecule has 2 aromatic carbocycles. The van der Waals surface area contributed by atoms with Gasteiger partial charge < -0.3 is 10.6 Å². The maximum atomic E-state index is 12.6. The first-order valence-corrected chi connectivity index (χ1v) is 9.03. The second kappa shape index (κ2) is 8.31. The molecule has 0 saturated carbocycles. The van der Waals surface area contributed by atoms with Crippen LogP contribution in [-0.2, 0) is 6.42 Å². The van der Waals surface area contributed by atoms with Crippen molar-refractivity contribution in [3.8, 4) is 6.07 Å². The van der Waals surface area contributed by atoms with E-state index in [4.69, 9.17) is 5.26 Å². The molecule has 3 rings (SSSR count). The first-order chi connectivity index (χ1) is 13.5. The van der Waals surface area contributed by atoms with Crippen LogP contribution in [0.4, 0.5) is 17.2 Å². The van der Waals surface area contributed by atoms with E-state index in [-0.39, 0.29) is 11.6 Å². The molecule has 1 amide bonds. The summed E-state index contributed by atoms with van der Waals surface area (Å²) in [4.78, 5) is 21.3. The van der Waals surface area contributed by atoms with E-state index in [0.29, 0.717) is 22.9 Å². The number of para-hydroxylation sites is 1. The lowest BCUT2D eigenvalue weighted by Crippen LogP contribution is -2.15. The molecule has 0 saturated heterocycles. The summed E-state index contributed by atoms with van der Waals surface area (Å²) in [5.41, 5.74) is 4.55. The highest BCUT2D eigenvalue weighted by Crippen LogP contribution is 2.25. The van der Waals surface area contributed by atoms with Gasteiger partial charge in [0.15, 0.2) is 0 Å². The highest BCUT2D eigenvalue weighted by atomic mass is 16.1. The minimum atomic E-state index is -0.357. The number of anilines is 3. The molecule has 3 aromatic rings. The number of carbonyl (C=O) groups excluding carboxylic acids is 1. The van der Waals surface area contributed by atoms with Gasteiger partial charge in [0.25, 0.3) is 5.91 Å². The molecule has 0 unspecified atom stereocenters. The van der Waals surface area contributed by atoms with Crippen molar-refractivity contribution in [3.05, 3.63) is 76.7 Å². The van der Waals surface area contributed by atoms with Crippen LogP contribution in [0.25, 0.3) is 0 Å². The summed E-state index contributed by atoms with van der Waals surface area (Å²) >= 11 is 0. The first kappa shape index (κ1) is 19.1. The third-order valence-electron chi connectivity index (χ3n) is 4.31. The second-order valence-electron chi connectivity index (χ2n) is 6.42. The Hall–Kier alpha value is -3.72. The summed E-state index contributed by atoms with van der Waals surface area (Å²) in [7, 11) is 0. The Balaban J connectivity index is 1.87. The monoisotopic (exact) mass is 371 g/mol. The quantitative estimate of drug-likeness (QED) is 0.688. The lowest BCUT2D eigenvalue weighted by molar-refractivity contribution is 0.102.